The molecule has 2 atom stereocenters. The molecule has 2 heteroatoms. The van der Waals surface area contributed by atoms with Crippen molar-refractivity contribution in [2.24, 2.45) is 0 Å². The minimum Gasteiger partial charge on any atom is -1.00 e. The molecular weight excluding hydrogens is 326 g/mol. The lowest BCUT2D eigenvalue weighted by Gasteiger charge is -2.41. The second-order valence-corrected chi connectivity index (χ2v) is 6.71. The Morgan fingerprint density at radius 2 is 1.56 bits per heavy atom. The molecule has 0 aliphatic carbocycles. The Kier molecular flexibility index (Phi) is 9.26. The van der Waals surface area contributed by atoms with Crippen LogP contribution in [-0.4, -0.2) is 24.1 Å². The van der Waals surface area contributed by atoms with Crippen molar-refractivity contribution >= 4 is 6.08 Å². The van der Waals surface area contributed by atoms with Crippen LogP contribution in [-0.2, 0) is 6.42 Å². The highest BCUT2D eigenvalue weighted by Crippen LogP contribution is 2.26. The highest BCUT2D eigenvalue weighted by molar-refractivity contribution is 5.45. The predicted octanol–water partition coefficient (Wildman–Crippen LogP) is 2.71. The fourth-order valence-corrected chi connectivity index (χ4v) is 3.34. The number of hydrogen-bond donors (Lipinski definition) is 0. The van der Waals surface area contributed by atoms with Gasteiger partial charge >= 0.3 is 0 Å². The van der Waals surface area contributed by atoms with E-state index in [1.807, 2.05) is 36.4 Å². The molecule has 1 aliphatic rings. The molecule has 0 aromatic heterocycles. The van der Waals surface area contributed by atoms with Crippen LogP contribution in [0.15, 0.2) is 80.0 Å². The molecule has 25 heavy (non-hydrogen) atoms. The first-order valence-electron chi connectivity index (χ1n) is 8.88. The van der Waals surface area contributed by atoms with E-state index >= 15 is 0 Å². The SMILES string of the molecule is C=C[N+]1(C)CCCCC1Cc1ccccc1.C=Cc1ccccc1.[Cl-]. The number of rotatable bonds is 4. The Bertz CT molecular complexity index is 623. The molecule has 0 saturated carbocycles. The largest absolute Gasteiger partial charge is 1.00 e. The number of piperidine rings is 1. The van der Waals surface area contributed by atoms with E-state index in [0.717, 1.165) is 4.48 Å². The van der Waals surface area contributed by atoms with Gasteiger partial charge in [-0.15, -0.1) is 0 Å². The van der Waals surface area contributed by atoms with E-state index in [9.17, 15) is 0 Å². The summed E-state index contributed by atoms with van der Waals surface area (Å²) in [6, 6.07) is 21.6. The van der Waals surface area contributed by atoms with E-state index in [1.165, 1.54) is 43.4 Å². The summed E-state index contributed by atoms with van der Waals surface area (Å²) in [5.74, 6) is 0. The van der Waals surface area contributed by atoms with E-state index in [4.69, 9.17) is 0 Å². The van der Waals surface area contributed by atoms with Crippen molar-refractivity contribution in [2.75, 3.05) is 13.6 Å². The van der Waals surface area contributed by atoms with Crippen LogP contribution in [0, 0.1) is 0 Å². The van der Waals surface area contributed by atoms with Gasteiger partial charge < -0.3 is 12.4 Å². The lowest BCUT2D eigenvalue weighted by Crippen LogP contribution is -3.00. The number of likely N-dealkylation sites (N-methyl/N-ethyl adjacent to an activating group) is 1. The maximum Gasteiger partial charge on any atom is 0.0970 e. The van der Waals surface area contributed by atoms with E-state index in [0.29, 0.717) is 6.04 Å². The number of hydrogen-bond acceptors (Lipinski definition) is 0. The first kappa shape index (κ1) is 21.2. The predicted molar refractivity (Wildman–Crippen MR) is 106 cm³/mol. The summed E-state index contributed by atoms with van der Waals surface area (Å²) in [6.45, 7) is 8.90. The molecule has 0 radical (unpaired) electrons. The minimum atomic E-state index is 0. The van der Waals surface area contributed by atoms with Gasteiger partial charge in [0.05, 0.1) is 25.8 Å². The molecule has 1 nitrogen and oxygen atoms in total. The van der Waals surface area contributed by atoms with Gasteiger partial charge in [0.15, 0.2) is 0 Å². The lowest BCUT2D eigenvalue weighted by molar-refractivity contribution is -0.890. The molecule has 0 spiro atoms. The summed E-state index contributed by atoms with van der Waals surface area (Å²) < 4.78 is 1.04. The smallest absolute Gasteiger partial charge is 0.0970 e. The summed E-state index contributed by atoms with van der Waals surface area (Å²) in [4.78, 5) is 0. The van der Waals surface area contributed by atoms with Crippen LogP contribution >= 0.6 is 0 Å². The molecule has 134 valence electrons. The maximum atomic E-state index is 4.02. The van der Waals surface area contributed by atoms with E-state index in [1.54, 1.807) is 0 Å². The average molecular weight is 356 g/mol. The fraction of sp³-hybridized carbons (Fsp3) is 0.304. The second-order valence-electron chi connectivity index (χ2n) is 6.71. The third-order valence-corrected chi connectivity index (χ3v) is 5.03. The summed E-state index contributed by atoms with van der Waals surface area (Å²) in [5, 5.41) is 0. The molecular formula is C23H30ClN. The van der Waals surface area contributed by atoms with Crippen molar-refractivity contribution in [1.29, 1.82) is 0 Å². The number of benzene rings is 2. The quantitative estimate of drug-likeness (QED) is 0.740. The van der Waals surface area contributed by atoms with Crippen LogP contribution in [0.3, 0.4) is 0 Å². The van der Waals surface area contributed by atoms with E-state index < -0.39 is 0 Å². The lowest BCUT2D eigenvalue weighted by atomic mass is 9.94. The van der Waals surface area contributed by atoms with Crippen LogP contribution in [0.2, 0.25) is 0 Å². The zero-order chi connectivity index (χ0) is 17.3. The van der Waals surface area contributed by atoms with Gasteiger partial charge in [-0.3, -0.25) is 4.48 Å². The van der Waals surface area contributed by atoms with Gasteiger partial charge in [-0.2, -0.15) is 0 Å². The Morgan fingerprint density at radius 1 is 0.960 bits per heavy atom. The van der Waals surface area contributed by atoms with Gasteiger partial charge in [0.1, 0.15) is 0 Å². The molecule has 1 heterocycles. The Balaban J connectivity index is 0.000000295. The van der Waals surface area contributed by atoms with E-state index in [-0.39, 0.29) is 12.4 Å². The molecule has 1 aliphatic heterocycles. The van der Waals surface area contributed by atoms with Gasteiger partial charge in [0.25, 0.3) is 0 Å². The molecule has 1 fully saturated rings. The van der Waals surface area contributed by atoms with Crippen molar-refractivity contribution < 1.29 is 16.9 Å². The molecule has 2 unspecified atom stereocenters. The van der Waals surface area contributed by atoms with Crippen LogP contribution in [0.5, 0.6) is 0 Å². The van der Waals surface area contributed by atoms with Crippen molar-refractivity contribution in [2.45, 2.75) is 31.7 Å². The van der Waals surface area contributed by atoms with Gasteiger partial charge in [-0.05, 0) is 30.5 Å². The molecule has 0 N–H and O–H groups in total. The van der Waals surface area contributed by atoms with Crippen LogP contribution in [0.1, 0.15) is 30.4 Å². The van der Waals surface area contributed by atoms with Crippen LogP contribution in [0.25, 0.3) is 6.08 Å². The summed E-state index contributed by atoms with van der Waals surface area (Å²) in [5.41, 5.74) is 2.63. The number of halogens is 1. The van der Waals surface area contributed by atoms with Crippen LogP contribution in [0.4, 0.5) is 0 Å². The number of quaternary nitrogens is 1. The monoisotopic (exact) mass is 355 g/mol. The Morgan fingerprint density at radius 3 is 2.08 bits per heavy atom. The summed E-state index contributed by atoms with van der Waals surface area (Å²) in [7, 11) is 2.32. The van der Waals surface area contributed by atoms with Gasteiger partial charge in [-0.25, -0.2) is 0 Å². The minimum absolute atomic E-state index is 0. The normalized spacial score (nSPS) is 21.9. The average Bonchev–Trinajstić information content (AvgIpc) is 2.66. The Hall–Kier alpha value is -1.83. The third kappa shape index (κ3) is 6.53. The second kappa shape index (κ2) is 10.9. The molecule has 3 rings (SSSR count). The number of likely N-dealkylation sites (tertiary alicyclic amines) is 1. The highest BCUT2D eigenvalue weighted by atomic mass is 35.5. The summed E-state index contributed by atoms with van der Waals surface area (Å²) in [6.07, 6.45) is 9.19. The van der Waals surface area contributed by atoms with Gasteiger partial charge in [0, 0.05) is 12.8 Å². The van der Waals surface area contributed by atoms with Crippen LogP contribution < -0.4 is 12.4 Å². The zero-order valence-corrected chi connectivity index (χ0v) is 16.0. The zero-order valence-electron chi connectivity index (χ0n) is 15.3. The fourth-order valence-electron chi connectivity index (χ4n) is 3.34. The van der Waals surface area contributed by atoms with Crippen molar-refractivity contribution in [3.8, 4) is 0 Å². The molecule has 2 aromatic rings. The van der Waals surface area contributed by atoms with Crippen molar-refractivity contribution in [3.05, 3.63) is 91.1 Å². The Labute approximate surface area is 159 Å². The topological polar surface area (TPSA) is 0 Å². The number of nitrogens with zero attached hydrogens (tertiary/aromatic N) is 1. The third-order valence-electron chi connectivity index (χ3n) is 5.03. The molecule has 0 amide bonds. The van der Waals surface area contributed by atoms with Crippen molar-refractivity contribution in [3.63, 3.8) is 0 Å². The summed E-state index contributed by atoms with van der Waals surface area (Å²) >= 11 is 0. The first-order valence-corrected chi connectivity index (χ1v) is 8.88. The van der Waals surface area contributed by atoms with Crippen molar-refractivity contribution in [1.82, 2.24) is 0 Å². The molecule has 2 aromatic carbocycles. The van der Waals surface area contributed by atoms with E-state index in [2.05, 4.69) is 56.7 Å². The first-order chi connectivity index (χ1) is 11.7. The van der Waals surface area contributed by atoms with Gasteiger partial charge in [-0.1, -0.05) is 73.3 Å². The standard InChI is InChI=1S/C15H22N.C8H8.ClH/c1-3-16(2)12-8-7-11-15(16)13-14-9-5-4-6-10-14;1-2-8-6-4-3-5-7-8;/h3-6,9-10,15H,1,7-8,11-13H2,2H3;2-7H,1H2;1H/q+1;;/p-1. The highest BCUT2D eigenvalue weighted by Gasteiger charge is 2.33. The molecule has 0 bridgehead atoms. The molecule has 1 saturated heterocycles. The van der Waals surface area contributed by atoms with Gasteiger partial charge in [0.2, 0.25) is 0 Å². The maximum absolute atomic E-state index is 4.02.